The fraction of sp³-hybridized carbons (Fsp3) is 0.417. The normalized spacial score (nSPS) is 25.0. The summed E-state index contributed by atoms with van der Waals surface area (Å²) in [5.74, 6) is 0.970. The van der Waals surface area contributed by atoms with E-state index in [0.717, 1.165) is 36.2 Å². The quantitative estimate of drug-likeness (QED) is 0.790. The molecule has 4 atom stereocenters. The number of hydrogen-bond donors (Lipinski definition) is 2. The highest BCUT2D eigenvalue weighted by Crippen LogP contribution is 2.47. The van der Waals surface area contributed by atoms with E-state index in [2.05, 4.69) is 5.32 Å². The molecule has 0 saturated heterocycles. The molecule has 4 unspecified atom stereocenters. The van der Waals surface area contributed by atoms with Crippen LogP contribution in [0.3, 0.4) is 0 Å². The summed E-state index contributed by atoms with van der Waals surface area (Å²) in [7, 11) is 0. The lowest BCUT2D eigenvalue weighted by atomic mass is 9.84. The van der Waals surface area contributed by atoms with E-state index in [-0.39, 0.29) is 23.8 Å². The number of carbonyl (C=O) groups excluding carboxylic acids is 2. The number of nitrogens with two attached hydrogens (primary N) is 1. The number of likely N-dealkylation sites (N-methyl/N-ethyl adjacent to an activating group) is 1. The summed E-state index contributed by atoms with van der Waals surface area (Å²) in [6.07, 6.45) is 3.70. The number of nitrogens with one attached hydrogen (secondary N) is 1. The second kappa shape index (κ2) is 8.37. The van der Waals surface area contributed by atoms with E-state index >= 15 is 0 Å². The first-order valence-electron chi connectivity index (χ1n) is 10.6. The topological polar surface area (TPSA) is 75.4 Å². The average molecular weight is 392 g/mol. The van der Waals surface area contributed by atoms with Crippen LogP contribution in [0.25, 0.3) is 0 Å². The van der Waals surface area contributed by atoms with Crippen molar-refractivity contribution in [3.8, 4) is 0 Å². The Morgan fingerprint density at radius 1 is 1.03 bits per heavy atom. The zero-order chi connectivity index (χ0) is 20.4. The summed E-state index contributed by atoms with van der Waals surface area (Å²) in [6.45, 7) is 2.60. The number of rotatable bonds is 6. The van der Waals surface area contributed by atoms with Crippen molar-refractivity contribution >= 4 is 23.2 Å². The zero-order valence-corrected chi connectivity index (χ0v) is 16.9. The monoisotopic (exact) mass is 391 g/mol. The molecule has 152 valence electrons. The Hall–Kier alpha value is -2.66. The summed E-state index contributed by atoms with van der Waals surface area (Å²) in [5, 5.41) is 3.03. The van der Waals surface area contributed by atoms with Crippen molar-refractivity contribution in [3.05, 3.63) is 60.2 Å². The van der Waals surface area contributed by atoms with Crippen LogP contribution >= 0.6 is 0 Å². The molecule has 4 rings (SSSR count). The smallest absolute Gasteiger partial charge is 0.231 e. The van der Waals surface area contributed by atoms with Gasteiger partial charge in [0.1, 0.15) is 0 Å². The first kappa shape index (κ1) is 19.6. The maximum absolute atomic E-state index is 12.7. The van der Waals surface area contributed by atoms with Crippen molar-refractivity contribution in [3.63, 3.8) is 0 Å². The minimum absolute atomic E-state index is 0.0105. The van der Waals surface area contributed by atoms with E-state index in [0.29, 0.717) is 24.8 Å². The predicted molar refractivity (Wildman–Crippen MR) is 116 cm³/mol. The lowest BCUT2D eigenvalue weighted by Gasteiger charge is -2.27. The maximum Gasteiger partial charge on any atom is 0.231 e. The van der Waals surface area contributed by atoms with E-state index in [1.807, 2.05) is 61.5 Å². The molecule has 3 N–H and O–H groups in total. The van der Waals surface area contributed by atoms with E-state index in [4.69, 9.17) is 5.73 Å². The van der Waals surface area contributed by atoms with Crippen molar-refractivity contribution in [2.24, 2.45) is 23.5 Å². The van der Waals surface area contributed by atoms with Crippen molar-refractivity contribution in [1.82, 2.24) is 0 Å². The van der Waals surface area contributed by atoms with Gasteiger partial charge in [-0.05, 0) is 67.9 Å². The van der Waals surface area contributed by atoms with Crippen LogP contribution in [0.5, 0.6) is 0 Å². The van der Waals surface area contributed by atoms with Gasteiger partial charge >= 0.3 is 0 Å². The molecule has 2 amide bonds. The molecule has 29 heavy (non-hydrogen) atoms. The number of hydrogen-bond acceptors (Lipinski definition) is 3. The second-order valence-electron chi connectivity index (χ2n) is 8.27. The van der Waals surface area contributed by atoms with Gasteiger partial charge in [0.2, 0.25) is 11.8 Å². The van der Waals surface area contributed by atoms with Crippen LogP contribution in [0.2, 0.25) is 0 Å². The van der Waals surface area contributed by atoms with Crippen LogP contribution in [0.1, 0.15) is 31.7 Å². The Bertz CT molecular complexity index is 863. The Labute approximate surface area is 172 Å². The summed E-state index contributed by atoms with van der Waals surface area (Å²) in [4.78, 5) is 27.2. The lowest BCUT2D eigenvalue weighted by molar-refractivity contribution is -0.122. The number of para-hydroxylation sites is 1. The molecule has 0 aromatic heterocycles. The minimum atomic E-state index is -0.0704. The third-order valence-corrected chi connectivity index (χ3v) is 6.55. The molecular formula is C24H29N3O2. The summed E-state index contributed by atoms with van der Waals surface area (Å²) in [6, 6.07) is 17.3. The number of benzene rings is 2. The van der Waals surface area contributed by atoms with Crippen LogP contribution in [-0.2, 0) is 16.0 Å². The van der Waals surface area contributed by atoms with Gasteiger partial charge in [-0.25, -0.2) is 0 Å². The standard InChI is InChI=1S/C24H29N3O2/c1-2-27(20-6-4-3-5-7-20)21(28)14-16-8-12-19(13-9-16)26-24(29)22-17-10-11-18(15-17)23(22)25/h3-9,12-13,17-18,22-23H,2,10-11,14-15,25H2,1H3,(H,26,29). The first-order chi connectivity index (χ1) is 14.1. The predicted octanol–water partition coefficient (Wildman–Crippen LogP) is 3.59. The van der Waals surface area contributed by atoms with Crippen molar-refractivity contribution < 1.29 is 9.59 Å². The molecular weight excluding hydrogens is 362 g/mol. The van der Waals surface area contributed by atoms with Gasteiger partial charge in [-0.1, -0.05) is 30.3 Å². The average Bonchev–Trinajstić information content (AvgIpc) is 3.32. The SMILES string of the molecule is CCN(C(=O)Cc1ccc(NC(=O)C2C3CCC(C3)C2N)cc1)c1ccccc1. The molecule has 0 heterocycles. The number of fused-ring (bicyclic) bond motifs is 2. The van der Waals surface area contributed by atoms with Gasteiger partial charge < -0.3 is 16.0 Å². The summed E-state index contributed by atoms with van der Waals surface area (Å²) in [5.41, 5.74) is 8.88. The highest BCUT2D eigenvalue weighted by molar-refractivity contribution is 5.95. The van der Waals surface area contributed by atoms with Crippen LogP contribution in [-0.4, -0.2) is 24.4 Å². The van der Waals surface area contributed by atoms with E-state index < -0.39 is 0 Å². The maximum atomic E-state index is 12.7. The minimum Gasteiger partial charge on any atom is -0.327 e. The van der Waals surface area contributed by atoms with Crippen LogP contribution in [0, 0.1) is 17.8 Å². The summed E-state index contributed by atoms with van der Waals surface area (Å²) < 4.78 is 0. The van der Waals surface area contributed by atoms with Crippen molar-refractivity contribution in [2.45, 2.75) is 38.6 Å². The highest BCUT2D eigenvalue weighted by Gasteiger charge is 2.49. The van der Waals surface area contributed by atoms with Crippen LogP contribution in [0.4, 0.5) is 11.4 Å². The fourth-order valence-electron chi connectivity index (χ4n) is 5.04. The van der Waals surface area contributed by atoms with Gasteiger partial charge in [0.15, 0.2) is 0 Å². The first-order valence-corrected chi connectivity index (χ1v) is 10.6. The molecule has 2 aliphatic carbocycles. The number of nitrogens with zero attached hydrogens (tertiary/aromatic N) is 1. The third-order valence-electron chi connectivity index (χ3n) is 6.55. The van der Waals surface area contributed by atoms with E-state index in [9.17, 15) is 9.59 Å². The van der Waals surface area contributed by atoms with Gasteiger partial charge in [-0.3, -0.25) is 9.59 Å². The second-order valence-corrected chi connectivity index (χ2v) is 8.27. The largest absolute Gasteiger partial charge is 0.327 e. The third kappa shape index (κ3) is 4.06. The number of amides is 2. The Morgan fingerprint density at radius 2 is 1.72 bits per heavy atom. The number of anilines is 2. The molecule has 5 heteroatoms. The molecule has 2 aliphatic rings. The molecule has 0 spiro atoms. The van der Waals surface area contributed by atoms with Gasteiger partial charge in [-0.2, -0.15) is 0 Å². The lowest BCUT2D eigenvalue weighted by Crippen LogP contribution is -2.42. The van der Waals surface area contributed by atoms with Crippen LogP contribution in [0.15, 0.2) is 54.6 Å². The summed E-state index contributed by atoms with van der Waals surface area (Å²) >= 11 is 0. The van der Waals surface area contributed by atoms with Crippen molar-refractivity contribution in [2.75, 3.05) is 16.8 Å². The van der Waals surface area contributed by atoms with Gasteiger partial charge in [0.25, 0.3) is 0 Å². The Kier molecular flexibility index (Phi) is 5.67. The molecule has 2 aromatic rings. The molecule has 0 aliphatic heterocycles. The van der Waals surface area contributed by atoms with Crippen LogP contribution < -0.4 is 16.0 Å². The number of carbonyl (C=O) groups is 2. The molecule has 2 aromatic carbocycles. The van der Waals surface area contributed by atoms with Gasteiger partial charge in [0.05, 0.1) is 12.3 Å². The van der Waals surface area contributed by atoms with Gasteiger partial charge in [0, 0.05) is 24.0 Å². The molecule has 2 fully saturated rings. The Morgan fingerprint density at radius 3 is 2.34 bits per heavy atom. The van der Waals surface area contributed by atoms with E-state index in [1.165, 1.54) is 0 Å². The fourth-order valence-corrected chi connectivity index (χ4v) is 5.04. The zero-order valence-electron chi connectivity index (χ0n) is 16.9. The highest BCUT2D eigenvalue weighted by atomic mass is 16.2. The van der Waals surface area contributed by atoms with E-state index in [1.54, 1.807) is 4.90 Å². The molecule has 5 nitrogen and oxygen atoms in total. The Balaban J connectivity index is 1.36. The van der Waals surface area contributed by atoms with Gasteiger partial charge in [-0.15, -0.1) is 0 Å². The molecule has 2 bridgehead atoms. The molecule has 2 saturated carbocycles. The van der Waals surface area contributed by atoms with Crippen molar-refractivity contribution in [1.29, 1.82) is 0 Å². The molecule has 0 radical (unpaired) electrons.